The molecule has 1 N–H and O–H groups in total. The van der Waals surface area contributed by atoms with Crippen molar-refractivity contribution < 1.29 is 19.1 Å². The summed E-state index contributed by atoms with van der Waals surface area (Å²) in [6, 6.07) is 12.6. The zero-order valence-electron chi connectivity index (χ0n) is 15.6. The molecular weight excluding hydrogens is 368 g/mol. The van der Waals surface area contributed by atoms with Gasteiger partial charge in [0.1, 0.15) is 0 Å². The molecule has 6 nitrogen and oxygen atoms in total. The van der Waals surface area contributed by atoms with Gasteiger partial charge in [0.25, 0.3) is 0 Å². The molecule has 27 heavy (non-hydrogen) atoms. The van der Waals surface area contributed by atoms with E-state index < -0.39 is 0 Å². The molecule has 144 valence electrons. The van der Waals surface area contributed by atoms with Gasteiger partial charge >= 0.3 is 0 Å². The lowest BCUT2D eigenvalue weighted by Crippen LogP contribution is -2.39. The number of nitrogens with zero attached hydrogens (tertiary/aromatic N) is 1. The van der Waals surface area contributed by atoms with Crippen LogP contribution >= 0.6 is 11.6 Å². The van der Waals surface area contributed by atoms with Crippen LogP contribution in [0.25, 0.3) is 0 Å². The Bertz CT molecular complexity index is 793. The van der Waals surface area contributed by atoms with Crippen LogP contribution in [0.3, 0.4) is 0 Å². The fourth-order valence-corrected chi connectivity index (χ4v) is 2.64. The van der Waals surface area contributed by atoms with E-state index in [0.29, 0.717) is 29.6 Å². The Balaban J connectivity index is 1.97. The third kappa shape index (κ3) is 6.18. The zero-order chi connectivity index (χ0) is 19.8. The lowest BCUT2D eigenvalue weighted by molar-refractivity contribution is -0.135. The predicted octanol–water partition coefficient (Wildman–Crippen LogP) is 3.02. The fraction of sp³-hybridized carbons (Fsp3) is 0.300. The summed E-state index contributed by atoms with van der Waals surface area (Å²) in [5, 5.41) is 3.45. The average molecular weight is 391 g/mol. The second-order valence-corrected chi connectivity index (χ2v) is 6.40. The molecule has 0 spiro atoms. The summed E-state index contributed by atoms with van der Waals surface area (Å²) >= 11 is 5.85. The lowest BCUT2D eigenvalue weighted by atomic mass is 10.2. The van der Waals surface area contributed by atoms with Crippen LogP contribution in [0.5, 0.6) is 11.5 Å². The number of hydrogen-bond acceptors (Lipinski definition) is 4. The van der Waals surface area contributed by atoms with Crippen molar-refractivity contribution >= 4 is 23.4 Å². The number of methoxy groups -OCH3 is 2. The Morgan fingerprint density at radius 1 is 1.00 bits per heavy atom. The number of halogens is 1. The summed E-state index contributed by atoms with van der Waals surface area (Å²) < 4.78 is 10.5. The summed E-state index contributed by atoms with van der Waals surface area (Å²) in [5.74, 6) is 0.758. The SMILES string of the molecule is COc1ccc(CN(CC(=O)NCc2ccc(Cl)cc2)C(C)=O)cc1OC. The topological polar surface area (TPSA) is 67.9 Å². The van der Waals surface area contributed by atoms with Gasteiger partial charge in [-0.25, -0.2) is 0 Å². The van der Waals surface area contributed by atoms with Crippen molar-refractivity contribution in [2.24, 2.45) is 0 Å². The maximum Gasteiger partial charge on any atom is 0.239 e. The molecule has 0 heterocycles. The molecule has 2 rings (SSSR count). The number of carbonyl (C=O) groups is 2. The number of hydrogen-bond donors (Lipinski definition) is 1. The summed E-state index contributed by atoms with van der Waals surface area (Å²) in [4.78, 5) is 25.7. The molecule has 0 aliphatic heterocycles. The molecule has 0 unspecified atom stereocenters. The molecule has 0 aliphatic carbocycles. The first kappa shape index (κ1) is 20.6. The Morgan fingerprint density at radius 2 is 1.63 bits per heavy atom. The molecule has 0 bridgehead atoms. The van der Waals surface area contributed by atoms with E-state index in [4.69, 9.17) is 21.1 Å². The first-order chi connectivity index (χ1) is 12.9. The van der Waals surface area contributed by atoms with Gasteiger partial charge in [0.2, 0.25) is 11.8 Å². The predicted molar refractivity (Wildman–Crippen MR) is 104 cm³/mol. The monoisotopic (exact) mass is 390 g/mol. The molecule has 0 aliphatic rings. The van der Waals surface area contributed by atoms with Gasteiger partial charge in [0.05, 0.1) is 20.8 Å². The van der Waals surface area contributed by atoms with E-state index in [-0.39, 0.29) is 18.4 Å². The first-order valence-electron chi connectivity index (χ1n) is 8.40. The van der Waals surface area contributed by atoms with Crippen LogP contribution in [0, 0.1) is 0 Å². The molecule has 0 saturated heterocycles. The van der Waals surface area contributed by atoms with Crippen molar-refractivity contribution in [2.45, 2.75) is 20.0 Å². The van der Waals surface area contributed by atoms with Crippen LogP contribution in [0.15, 0.2) is 42.5 Å². The van der Waals surface area contributed by atoms with E-state index in [0.717, 1.165) is 11.1 Å². The minimum absolute atomic E-state index is 0.0305. The van der Waals surface area contributed by atoms with E-state index in [1.54, 1.807) is 38.5 Å². The molecule has 0 saturated carbocycles. The third-order valence-electron chi connectivity index (χ3n) is 4.00. The van der Waals surface area contributed by atoms with Gasteiger partial charge in [-0.15, -0.1) is 0 Å². The Kier molecular flexibility index (Phi) is 7.49. The number of rotatable bonds is 8. The van der Waals surface area contributed by atoms with Crippen molar-refractivity contribution in [1.82, 2.24) is 10.2 Å². The minimum atomic E-state index is -0.236. The second kappa shape index (κ2) is 9.83. The summed E-state index contributed by atoms with van der Waals surface area (Å²) in [6.07, 6.45) is 0. The van der Waals surface area contributed by atoms with Gasteiger partial charge in [-0.2, -0.15) is 0 Å². The normalized spacial score (nSPS) is 10.2. The molecule has 0 radical (unpaired) electrons. The summed E-state index contributed by atoms with van der Waals surface area (Å²) in [6.45, 7) is 2.08. The number of amides is 2. The van der Waals surface area contributed by atoms with Crippen LogP contribution in [0.1, 0.15) is 18.1 Å². The minimum Gasteiger partial charge on any atom is -0.493 e. The Hall–Kier alpha value is -2.73. The van der Waals surface area contributed by atoms with Gasteiger partial charge in [0.15, 0.2) is 11.5 Å². The van der Waals surface area contributed by atoms with Gasteiger partial charge in [-0.1, -0.05) is 29.8 Å². The highest BCUT2D eigenvalue weighted by Gasteiger charge is 2.15. The van der Waals surface area contributed by atoms with E-state index in [1.165, 1.54) is 11.8 Å². The molecule has 0 aromatic heterocycles. The molecule has 0 fully saturated rings. The largest absolute Gasteiger partial charge is 0.493 e. The summed E-state index contributed by atoms with van der Waals surface area (Å²) in [5.41, 5.74) is 1.77. The first-order valence-corrected chi connectivity index (χ1v) is 8.78. The zero-order valence-corrected chi connectivity index (χ0v) is 16.4. The van der Waals surface area contributed by atoms with Gasteiger partial charge in [0, 0.05) is 25.0 Å². The Labute approximate surface area is 164 Å². The third-order valence-corrected chi connectivity index (χ3v) is 4.26. The molecule has 2 aromatic rings. The van der Waals surface area contributed by atoms with Gasteiger partial charge in [-0.3, -0.25) is 9.59 Å². The van der Waals surface area contributed by atoms with Crippen molar-refractivity contribution in [2.75, 3.05) is 20.8 Å². The standard InChI is InChI=1S/C20H23ClN2O4/c1-14(24)23(12-16-6-9-18(26-2)19(10-16)27-3)13-20(25)22-11-15-4-7-17(21)8-5-15/h4-10H,11-13H2,1-3H3,(H,22,25). The van der Waals surface area contributed by atoms with E-state index in [1.807, 2.05) is 18.2 Å². The molecular formula is C20H23ClN2O4. The maximum atomic E-state index is 12.2. The maximum absolute atomic E-state index is 12.2. The smallest absolute Gasteiger partial charge is 0.239 e. The van der Waals surface area contributed by atoms with E-state index >= 15 is 0 Å². The number of benzene rings is 2. The second-order valence-electron chi connectivity index (χ2n) is 5.97. The lowest BCUT2D eigenvalue weighted by Gasteiger charge is -2.21. The molecule has 2 amide bonds. The highest BCUT2D eigenvalue weighted by atomic mass is 35.5. The number of carbonyl (C=O) groups excluding carboxylic acids is 2. The Morgan fingerprint density at radius 3 is 2.22 bits per heavy atom. The van der Waals surface area contributed by atoms with Crippen molar-refractivity contribution in [3.8, 4) is 11.5 Å². The van der Waals surface area contributed by atoms with Gasteiger partial charge < -0.3 is 19.7 Å². The average Bonchev–Trinajstić information content (AvgIpc) is 2.66. The molecule has 7 heteroatoms. The van der Waals surface area contributed by atoms with Crippen LogP contribution in [0.4, 0.5) is 0 Å². The number of nitrogens with one attached hydrogen (secondary N) is 1. The molecule has 2 aromatic carbocycles. The van der Waals surface area contributed by atoms with Crippen LogP contribution < -0.4 is 14.8 Å². The fourth-order valence-electron chi connectivity index (χ4n) is 2.51. The van der Waals surface area contributed by atoms with Crippen LogP contribution in [-0.4, -0.2) is 37.5 Å². The van der Waals surface area contributed by atoms with Crippen molar-refractivity contribution in [1.29, 1.82) is 0 Å². The van der Waals surface area contributed by atoms with Crippen LogP contribution in [0.2, 0.25) is 5.02 Å². The van der Waals surface area contributed by atoms with Crippen LogP contribution in [-0.2, 0) is 22.7 Å². The highest BCUT2D eigenvalue weighted by Crippen LogP contribution is 2.28. The quantitative estimate of drug-likeness (QED) is 0.752. The summed E-state index contributed by atoms with van der Waals surface area (Å²) in [7, 11) is 3.11. The number of ether oxygens (including phenoxy) is 2. The highest BCUT2D eigenvalue weighted by molar-refractivity contribution is 6.30. The van der Waals surface area contributed by atoms with Crippen molar-refractivity contribution in [3.63, 3.8) is 0 Å². The molecule has 0 atom stereocenters. The van der Waals surface area contributed by atoms with Crippen molar-refractivity contribution in [3.05, 3.63) is 58.6 Å². The van der Waals surface area contributed by atoms with E-state index in [9.17, 15) is 9.59 Å². The van der Waals surface area contributed by atoms with E-state index in [2.05, 4.69) is 5.32 Å². The van der Waals surface area contributed by atoms with Gasteiger partial charge in [-0.05, 0) is 35.4 Å².